The van der Waals surface area contributed by atoms with E-state index in [9.17, 15) is 0 Å². The lowest BCUT2D eigenvalue weighted by molar-refractivity contribution is 0.175. The standard InChI is InChI=1S/C22H25N.C15H15N3.C2H2/c1-2-19-14-16-23(17-15-19)18-22-12-10-21(11-13-22)9-8-20-6-4-3-5-7-20;1-10-6-4-5-7-13(10)14-8-12(3)18-15(17-14)11(2)9-16-18;1-2/h3-7,10-13,19H,2,14-18H2,1H3;4-9H,1-3H3;1-2H. The third kappa shape index (κ3) is 8.45. The molecule has 4 heteroatoms. The first-order valence-corrected chi connectivity index (χ1v) is 15.1. The Balaban J connectivity index is 0.000000191. The Morgan fingerprint density at radius 1 is 0.791 bits per heavy atom. The SMILES string of the molecule is C#C.CCC1CCN(Cc2ccc(C#Cc3ccccc3)cc2)CC1.Cc1ccccc1-c1cc(C)n2ncc(C)c2n1. The number of terminal acetylenes is 1. The molecule has 2 aromatic heterocycles. The lowest BCUT2D eigenvalue weighted by Gasteiger charge is -2.31. The zero-order valence-electron chi connectivity index (χ0n) is 25.9. The molecule has 43 heavy (non-hydrogen) atoms. The third-order valence-corrected chi connectivity index (χ3v) is 8.02. The molecule has 5 aromatic rings. The summed E-state index contributed by atoms with van der Waals surface area (Å²) in [5.74, 6) is 7.40. The minimum Gasteiger partial charge on any atom is -0.299 e. The fourth-order valence-electron chi connectivity index (χ4n) is 5.39. The van der Waals surface area contributed by atoms with Gasteiger partial charge in [0.2, 0.25) is 0 Å². The molecule has 0 unspecified atom stereocenters. The van der Waals surface area contributed by atoms with E-state index in [1.54, 1.807) is 0 Å². The maximum Gasteiger partial charge on any atom is 0.158 e. The summed E-state index contributed by atoms with van der Waals surface area (Å²) >= 11 is 0. The van der Waals surface area contributed by atoms with E-state index in [0.717, 1.165) is 46.2 Å². The van der Waals surface area contributed by atoms with Crippen molar-refractivity contribution in [3.8, 4) is 35.9 Å². The van der Waals surface area contributed by atoms with Gasteiger partial charge in [0.05, 0.1) is 11.9 Å². The van der Waals surface area contributed by atoms with Crippen molar-refractivity contribution >= 4 is 5.65 Å². The molecule has 1 aliphatic heterocycles. The van der Waals surface area contributed by atoms with Gasteiger partial charge in [-0.2, -0.15) is 5.10 Å². The van der Waals surface area contributed by atoms with Gasteiger partial charge in [0.1, 0.15) is 0 Å². The number of aromatic nitrogens is 3. The highest BCUT2D eigenvalue weighted by atomic mass is 15.2. The normalized spacial score (nSPS) is 13.2. The monoisotopic (exact) mass is 566 g/mol. The first-order valence-electron chi connectivity index (χ1n) is 15.1. The van der Waals surface area contributed by atoms with Gasteiger partial charge in [0.15, 0.2) is 5.65 Å². The summed E-state index contributed by atoms with van der Waals surface area (Å²) in [5, 5.41) is 4.33. The smallest absolute Gasteiger partial charge is 0.158 e. The predicted molar refractivity (Wildman–Crippen MR) is 180 cm³/mol. The Morgan fingerprint density at radius 2 is 1.42 bits per heavy atom. The highest BCUT2D eigenvalue weighted by Crippen LogP contribution is 2.24. The van der Waals surface area contributed by atoms with Crippen molar-refractivity contribution < 1.29 is 0 Å². The molecule has 4 nitrogen and oxygen atoms in total. The van der Waals surface area contributed by atoms with Crippen LogP contribution in [0.25, 0.3) is 16.9 Å². The van der Waals surface area contributed by atoms with E-state index in [4.69, 9.17) is 4.98 Å². The van der Waals surface area contributed by atoms with Crippen LogP contribution in [0.3, 0.4) is 0 Å². The molecule has 1 saturated heterocycles. The molecule has 3 aromatic carbocycles. The average molecular weight is 567 g/mol. The number of fused-ring (bicyclic) bond motifs is 1. The second-order valence-electron chi connectivity index (χ2n) is 11.1. The molecule has 6 rings (SSSR count). The van der Waals surface area contributed by atoms with Gasteiger partial charge in [-0.05, 0) is 94.1 Å². The molecule has 0 bridgehead atoms. The Labute approximate surface area is 257 Å². The molecule has 3 heterocycles. The molecular formula is C39H42N4. The molecule has 1 aliphatic rings. The number of aryl methyl sites for hydroxylation is 3. The first-order chi connectivity index (χ1) is 21.0. The quantitative estimate of drug-likeness (QED) is 0.205. The summed E-state index contributed by atoms with van der Waals surface area (Å²) in [7, 11) is 0. The van der Waals surface area contributed by atoms with E-state index in [0.29, 0.717) is 0 Å². The van der Waals surface area contributed by atoms with Crippen LogP contribution in [-0.4, -0.2) is 32.6 Å². The van der Waals surface area contributed by atoms with Gasteiger partial charge in [0, 0.05) is 34.5 Å². The number of rotatable bonds is 4. The van der Waals surface area contributed by atoms with E-state index in [-0.39, 0.29) is 0 Å². The number of likely N-dealkylation sites (tertiary alicyclic amines) is 1. The topological polar surface area (TPSA) is 33.4 Å². The van der Waals surface area contributed by atoms with Crippen LogP contribution in [0.1, 0.15) is 59.7 Å². The van der Waals surface area contributed by atoms with Gasteiger partial charge < -0.3 is 0 Å². The summed E-state index contributed by atoms with van der Waals surface area (Å²) < 4.78 is 1.89. The first kappa shape index (κ1) is 31.3. The summed E-state index contributed by atoms with van der Waals surface area (Å²) in [6.07, 6.45) is 13.9. The van der Waals surface area contributed by atoms with Crippen molar-refractivity contribution in [3.63, 3.8) is 0 Å². The number of hydrogen-bond donors (Lipinski definition) is 0. The van der Waals surface area contributed by atoms with Crippen LogP contribution in [0.2, 0.25) is 0 Å². The second kappa shape index (κ2) is 15.5. The molecule has 0 aliphatic carbocycles. The highest BCUT2D eigenvalue weighted by Gasteiger charge is 2.17. The van der Waals surface area contributed by atoms with Crippen molar-refractivity contribution in [1.29, 1.82) is 0 Å². The number of benzene rings is 3. The number of piperidine rings is 1. The lowest BCUT2D eigenvalue weighted by atomic mass is 9.94. The van der Waals surface area contributed by atoms with Crippen molar-refractivity contribution in [1.82, 2.24) is 19.5 Å². The van der Waals surface area contributed by atoms with E-state index < -0.39 is 0 Å². The van der Waals surface area contributed by atoms with Gasteiger partial charge in [-0.1, -0.05) is 79.8 Å². The van der Waals surface area contributed by atoms with Crippen molar-refractivity contribution in [2.75, 3.05) is 13.1 Å². The summed E-state index contributed by atoms with van der Waals surface area (Å²) in [6.45, 7) is 12.1. The minimum atomic E-state index is 0.938. The molecule has 1 fully saturated rings. The van der Waals surface area contributed by atoms with E-state index >= 15 is 0 Å². The zero-order valence-corrected chi connectivity index (χ0v) is 25.9. The minimum absolute atomic E-state index is 0.938. The molecule has 218 valence electrons. The van der Waals surface area contributed by atoms with Crippen molar-refractivity contribution in [3.05, 3.63) is 125 Å². The van der Waals surface area contributed by atoms with Crippen molar-refractivity contribution in [2.45, 2.75) is 53.5 Å². The Hall–Kier alpha value is -4.64. The zero-order chi connectivity index (χ0) is 30.6. The molecule has 0 saturated carbocycles. The van der Waals surface area contributed by atoms with Gasteiger partial charge >= 0.3 is 0 Å². The molecule has 0 radical (unpaired) electrons. The maximum atomic E-state index is 4.73. The fourth-order valence-corrected chi connectivity index (χ4v) is 5.39. The summed E-state index contributed by atoms with van der Waals surface area (Å²) in [4.78, 5) is 7.31. The van der Waals surface area contributed by atoms with Crippen LogP contribution >= 0.6 is 0 Å². The van der Waals surface area contributed by atoms with E-state index in [1.807, 2.05) is 60.1 Å². The van der Waals surface area contributed by atoms with Crippen LogP contribution in [-0.2, 0) is 6.54 Å². The molecule has 0 spiro atoms. The Morgan fingerprint density at radius 3 is 2.07 bits per heavy atom. The number of hydrogen-bond acceptors (Lipinski definition) is 3. The molecule has 0 atom stereocenters. The summed E-state index contributed by atoms with van der Waals surface area (Å²) in [6, 6.07) is 29.3. The van der Waals surface area contributed by atoms with Crippen LogP contribution in [0, 0.1) is 51.4 Å². The van der Waals surface area contributed by atoms with Crippen LogP contribution in [0.15, 0.2) is 91.1 Å². The summed E-state index contributed by atoms with van der Waals surface area (Å²) in [5.41, 5.74) is 10.1. The van der Waals surface area contributed by atoms with Gasteiger partial charge in [0.25, 0.3) is 0 Å². The van der Waals surface area contributed by atoms with Crippen LogP contribution in [0.5, 0.6) is 0 Å². The molecule has 0 amide bonds. The van der Waals surface area contributed by atoms with E-state index in [2.05, 4.69) is 97.9 Å². The largest absolute Gasteiger partial charge is 0.299 e. The second-order valence-corrected chi connectivity index (χ2v) is 11.1. The predicted octanol–water partition coefficient (Wildman–Crippen LogP) is 8.28. The Kier molecular flexibility index (Phi) is 11.3. The average Bonchev–Trinajstić information content (AvgIpc) is 3.44. The highest BCUT2D eigenvalue weighted by molar-refractivity contribution is 5.66. The van der Waals surface area contributed by atoms with Gasteiger partial charge in [-0.3, -0.25) is 4.90 Å². The Bertz CT molecular complexity index is 1680. The fraction of sp³-hybridized carbons (Fsp3) is 0.282. The lowest BCUT2D eigenvalue weighted by Crippen LogP contribution is -2.32. The van der Waals surface area contributed by atoms with Crippen molar-refractivity contribution in [2.24, 2.45) is 5.92 Å². The van der Waals surface area contributed by atoms with Gasteiger partial charge in [-0.25, -0.2) is 9.50 Å². The van der Waals surface area contributed by atoms with E-state index in [1.165, 1.54) is 49.0 Å². The molecule has 0 N–H and O–H groups in total. The van der Waals surface area contributed by atoms with Crippen LogP contribution < -0.4 is 0 Å². The maximum absolute atomic E-state index is 4.73. The van der Waals surface area contributed by atoms with Crippen LogP contribution in [0.4, 0.5) is 0 Å². The molecular weight excluding hydrogens is 524 g/mol. The third-order valence-electron chi connectivity index (χ3n) is 8.02. The van der Waals surface area contributed by atoms with Gasteiger partial charge in [-0.15, -0.1) is 12.8 Å². The number of nitrogens with zero attached hydrogens (tertiary/aromatic N) is 4.